The van der Waals surface area contributed by atoms with Gasteiger partial charge < -0.3 is 9.30 Å². The molecule has 1 fully saturated rings. The van der Waals surface area contributed by atoms with E-state index in [2.05, 4.69) is 56.7 Å². The summed E-state index contributed by atoms with van der Waals surface area (Å²) in [5, 5.41) is 0. The average molecular weight is 397 g/mol. The van der Waals surface area contributed by atoms with Gasteiger partial charge >= 0.3 is 0 Å². The van der Waals surface area contributed by atoms with Crippen molar-refractivity contribution >= 4 is 0 Å². The molecule has 1 aromatic heterocycles. The number of benzene rings is 1. The Balaban J connectivity index is 1.36. The minimum atomic E-state index is 0.696. The van der Waals surface area contributed by atoms with Crippen molar-refractivity contribution in [3.05, 3.63) is 53.6 Å². The Morgan fingerprint density at radius 1 is 1.21 bits per heavy atom. The number of piperidine rings is 1. The van der Waals surface area contributed by atoms with E-state index in [0.29, 0.717) is 6.04 Å². The molecule has 29 heavy (non-hydrogen) atoms. The second-order valence-corrected chi connectivity index (χ2v) is 8.69. The highest BCUT2D eigenvalue weighted by Crippen LogP contribution is 2.29. The van der Waals surface area contributed by atoms with Crippen LogP contribution in [0, 0.1) is 5.92 Å². The Morgan fingerprint density at radius 2 is 2.00 bits per heavy atom. The maximum Gasteiger partial charge on any atom is 0.122 e. The first-order chi connectivity index (χ1) is 14.3. The predicted octanol–water partition coefficient (Wildman–Crippen LogP) is 3.23. The first-order valence-electron chi connectivity index (χ1n) is 11.3. The van der Waals surface area contributed by atoms with Gasteiger partial charge in [0.05, 0.1) is 13.2 Å². The molecule has 5 heteroatoms. The molecule has 0 saturated carbocycles. The number of imidazole rings is 1. The molecular formula is C24H36N4O. The number of fused-ring (bicyclic) bond motifs is 1. The third-order valence-corrected chi connectivity index (χ3v) is 6.73. The summed E-state index contributed by atoms with van der Waals surface area (Å²) in [6.07, 6.45) is 9.12. The van der Waals surface area contributed by atoms with E-state index >= 15 is 0 Å². The van der Waals surface area contributed by atoms with Gasteiger partial charge in [-0.2, -0.15) is 0 Å². The van der Waals surface area contributed by atoms with Crippen LogP contribution in [0.1, 0.15) is 36.7 Å². The molecule has 158 valence electrons. The first-order valence-corrected chi connectivity index (χ1v) is 11.3. The Morgan fingerprint density at radius 3 is 2.72 bits per heavy atom. The zero-order valence-corrected chi connectivity index (χ0v) is 18.1. The van der Waals surface area contributed by atoms with Crippen molar-refractivity contribution < 1.29 is 4.74 Å². The number of aromatic nitrogens is 2. The quantitative estimate of drug-likeness (QED) is 0.652. The third kappa shape index (κ3) is 5.08. The van der Waals surface area contributed by atoms with Crippen LogP contribution < -0.4 is 0 Å². The van der Waals surface area contributed by atoms with Gasteiger partial charge in [-0.25, -0.2) is 4.98 Å². The Labute approximate surface area is 175 Å². The number of nitrogens with zero attached hydrogens (tertiary/aromatic N) is 4. The van der Waals surface area contributed by atoms with Gasteiger partial charge in [0.1, 0.15) is 5.82 Å². The highest BCUT2D eigenvalue weighted by molar-refractivity contribution is 5.33. The summed E-state index contributed by atoms with van der Waals surface area (Å²) in [7, 11) is 1.80. The highest BCUT2D eigenvalue weighted by Gasteiger charge is 2.31. The maximum atomic E-state index is 5.40. The molecule has 1 aliphatic heterocycles. The van der Waals surface area contributed by atoms with E-state index in [9.17, 15) is 0 Å². The monoisotopic (exact) mass is 396 g/mol. The molecule has 2 aromatic rings. The van der Waals surface area contributed by atoms with Crippen LogP contribution >= 0.6 is 0 Å². The molecule has 0 radical (unpaired) electrons. The number of aryl methyl sites for hydroxylation is 1. The molecule has 0 amide bonds. The second-order valence-electron chi connectivity index (χ2n) is 8.69. The predicted molar refractivity (Wildman–Crippen MR) is 117 cm³/mol. The molecule has 0 spiro atoms. The van der Waals surface area contributed by atoms with Crippen LogP contribution in [0.5, 0.6) is 0 Å². The van der Waals surface area contributed by atoms with Crippen molar-refractivity contribution in [3.8, 4) is 0 Å². The smallest absolute Gasteiger partial charge is 0.122 e. The molecule has 1 aliphatic carbocycles. The van der Waals surface area contributed by atoms with Crippen molar-refractivity contribution in [1.82, 2.24) is 19.4 Å². The number of hydrogen-bond donors (Lipinski definition) is 0. The van der Waals surface area contributed by atoms with Crippen molar-refractivity contribution in [2.45, 2.75) is 51.7 Å². The van der Waals surface area contributed by atoms with E-state index in [4.69, 9.17) is 4.74 Å². The van der Waals surface area contributed by atoms with Crippen molar-refractivity contribution in [1.29, 1.82) is 0 Å². The van der Waals surface area contributed by atoms with Gasteiger partial charge in [0, 0.05) is 51.7 Å². The molecule has 1 atom stereocenters. The van der Waals surface area contributed by atoms with E-state index in [1.165, 1.54) is 44.6 Å². The molecule has 2 aliphatic rings. The SMILES string of the molecule is CCn1ccnc1CN(CCOC)C[C@H]1CCCN(C2Cc3ccccc3C2)C1. The molecule has 1 aromatic carbocycles. The van der Waals surface area contributed by atoms with Gasteiger partial charge in [0.25, 0.3) is 0 Å². The molecule has 4 rings (SSSR count). The van der Waals surface area contributed by atoms with Crippen LogP contribution in [-0.2, 0) is 30.7 Å². The lowest BCUT2D eigenvalue weighted by Crippen LogP contribution is -2.46. The molecule has 0 bridgehead atoms. The third-order valence-electron chi connectivity index (χ3n) is 6.73. The highest BCUT2D eigenvalue weighted by atomic mass is 16.5. The van der Waals surface area contributed by atoms with Crippen LogP contribution in [0.2, 0.25) is 0 Å². The van der Waals surface area contributed by atoms with E-state index in [1.807, 2.05) is 6.20 Å². The zero-order valence-electron chi connectivity index (χ0n) is 18.1. The molecule has 1 saturated heterocycles. The largest absolute Gasteiger partial charge is 0.383 e. The normalized spacial score (nSPS) is 20.4. The lowest BCUT2D eigenvalue weighted by molar-refractivity contribution is 0.0829. The summed E-state index contributed by atoms with van der Waals surface area (Å²) < 4.78 is 7.65. The number of hydrogen-bond acceptors (Lipinski definition) is 4. The van der Waals surface area contributed by atoms with Crippen molar-refractivity contribution in [3.63, 3.8) is 0 Å². The topological polar surface area (TPSA) is 33.5 Å². The summed E-state index contributed by atoms with van der Waals surface area (Å²) in [5.41, 5.74) is 3.13. The fourth-order valence-electron chi connectivity index (χ4n) is 5.17. The van der Waals surface area contributed by atoms with E-state index in [0.717, 1.165) is 38.7 Å². The molecule has 0 N–H and O–H groups in total. The fourth-order valence-corrected chi connectivity index (χ4v) is 5.17. The van der Waals surface area contributed by atoms with Gasteiger partial charge in [-0.3, -0.25) is 9.80 Å². The van der Waals surface area contributed by atoms with Gasteiger partial charge in [-0.1, -0.05) is 24.3 Å². The average Bonchev–Trinajstić information content (AvgIpc) is 3.38. The first kappa shape index (κ1) is 20.6. The maximum absolute atomic E-state index is 5.40. The zero-order chi connectivity index (χ0) is 20.1. The Kier molecular flexibility index (Phi) is 7.01. The van der Waals surface area contributed by atoms with Gasteiger partial charge in [-0.15, -0.1) is 0 Å². The van der Waals surface area contributed by atoms with E-state index in [1.54, 1.807) is 18.2 Å². The fraction of sp³-hybridized carbons (Fsp3) is 0.625. The van der Waals surface area contributed by atoms with Crippen LogP contribution in [-0.4, -0.2) is 65.3 Å². The molecule has 0 unspecified atom stereocenters. The second kappa shape index (κ2) is 9.88. The standard InChI is InChI=1S/C24H36N4O/c1-3-27-12-10-25-24(27)19-26(13-14-29-2)17-20-7-6-11-28(18-20)23-15-21-8-4-5-9-22(21)16-23/h4-5,8-10,12,20,23H,3,6-7,11,13-19H2,1-2H3/t20-/m1/s1. The Bertz CT molecular complexity index is 749. The van der Waals surface area contributed by atoms with Gasteiger partial charge in [-0.05, 0) is 56.2 Å². The van der Waals surface area contributed by atoms with Gasteiger partial charge in [0.15, 0.2) is 0 Å². The summed E-state index contributed by atoms with van der Waals surface area (Å²) >= 11 is 0. The summed E-state index contributed by atoms with van der Waals surface area (Å²) in [6.45, 7) is 9.44. The lowest BCUT2D eigenvalue weighted by atomic mass is 9.95. The van der Waals surface area contributed by atoms with Crippen molar-refractivity contribution in [2.75, 3.05) is 39.9 Å². The van der Waals surface area contributed by atoms with Crippen LogP contribution in [0.3, 0.4) is 0 Å². The number of rotatable bonds is 9. The number of likely N-dealkylation sites (tertiary alicyclic amines) is 1. The number of methoxy groups -OCH3 is 1. The minimum Gasteiger partial charge on any atom is -0.383 e. The van der Waals surface area contributed by atoms with Crippen LogP contribution in [0.25, 0.3) is 0 Å². The number of ether oxygens (including phenoxy) is 1. The molecule has 5 nitrogen and oxygen atoms in total. The van der Waals surface area contributed by atoms with Crippen LogP contribution in [0.4, 0.5) is 0 Å². The van der Waals surface area contributed by atoms with Gasteiger partial charge in [0.2, 0.25) is 0 Å². The van der Waals surface area contributed by atoms with Crippen molar-refractivity contribution in [2.24, 2.45) is 5.92 Å². The minimum absolute atomic E-state index is 0.696. The summed E-state index contributed by atoms with van der Waals surface area (Å²) in [5.74, 6) is 1.90. The lowest BCUT2D eigenvalue weighted by Gasteiger charge is -2.38. The Hall–Kier alpha value is -1.69. The summed E-state index contributed by atoms with van der Waals surface area (Å²) in [4.78, 5) is 9.92. The van der Waals surface area contributed by atoms with E-state index < -0.39 is 0 Å². The molecule has 2 heterocycles. The molecular weight excluding hydrogens is 360 g/mol. The summed E-state index contributed by atoms with van der Waals surface area (Å²) in [6, 6.07) is 9.71. The van der Waals surface area contributed by atoms with Crippen LogP contribution in [0.15, 0.2) is 36.7 Å². The van der Waals surface area contributed by atoms with E-state index in [-0.39, 0.29) is 0 Å².